The van der Waals surface area contributed by atoms with Gasteiger partial charge in [0.25, 0.3) is 0 Å². The molecule has 2 aliphatic heterocycles. The molecule has 33 heavy (non-hydrogen) atoms. The number of anilines is 1. The number of halogens is 3. The van der Waals surface area contributed by atoms with Crippen molar-refractivity contribution in [1.29, 1.82) is 0 Å². The number of fused-ring (bicyclic) bond motifs is 2. The van der Waals surface area contributed by atoms with Crippen molar-refractivity contribution in [2.45, 2.75) is 18.6 Å². The summed E-state index contributed by atoms with van der Waals surface area (Å²) in [4.78, 5) is 30.5. The topological polar surface area (TPSA) is 111 Å². The molecule has 8 nitrogen and oxygen atoms in total. The fourth-order valence-corrected chi connectivity index (χ4v) is 4.76. The van der Waals surface area contributed by atoms with Gasteiger partial charge in [-0.1, -0.05) is 0 Å². The highest BCUT2D eigenvalue weighted by molar-refractivity contribution is 5.92. The third-order valence-electron chi connectivity index (χ3n) is 6.29. The molecule has 2 aromatic heterocycles. The molecule has 4 heterocycles. The van der Waals surface area contributed by atoms with Crippen LogP contribution in [-0.4, -0.2) is 52.5 Å². The zero-order valence-electron chi connectivity index (χ0n) is 17.2. The van der Waals surface area contributed by atoms with Gasteiger partial charge in [0, 0.05) is 31.3 Å². The van der Waals surface area contributed by atoms with Crippen molar-refractivity contribution in [2.75, 3.05) is 24.6 Å². The number of aromatic carboxylic acids is 1. The second-order valence-electron chi connectivity index (χ2n) is 8.15. The Bertz CT molecular complexity index is 1350. The molecule has 0 bridgehead atoms. The van der Waals surface area contributed by atoms with Gasteiger partial charge in [-0.05, 0) is 31.2 Å². The van der Waals surface area contributed by atoms with E-state index in [0.29, 0.717) is 32.2 Å². The number of hydrogen-bond donors (Lipinski definition) is 2. The Morgan fingerprint density at radius 3 is 2.73 bits per heavy atom. The van der Waals surface area contributed by atoms with Crippen LogP contribution in [0.5, 0.6) is 0 Å². The monoisotopic (exact) mass is 460 g/mol. The van der Waals surface area contributed by atoms with E-state index in [2.05, 4.69) is 4.98 Å². The lowest BCUT2D eigenvalue weighted by atomic mass is 10.0. The summed E-state index contributed by atoms with van der Waals surface area (Å²) in [5.41, 5.74) is 3.80. The molecule has 2 fully saturated rings. The Balaban J connectivity index is 1.77. The molecular formula is C22H19F3N4O4. The van der Waals surface area contributed by atoms with Crippen LogP contribution in [0.2, 0.25) is 0 Å². The predicted molar refractivity (Wildman–Crippen MR) is 112 cm³/mol. The lowest BCUT2D eigenvalue weighted by molar-refractivity contribution is 0.0695. The van der Waals surface area contributed by atoms with E-state index in [1.54, 1.807) is 4.90 Å². The highest BCUT2D eigenvalue weighted by Gasteiger charge is 2.46. The number of carboxylic acid groups (broad SMARTS) is 1. The lowest BCUT2D eigenvalue weighted by Crippen LogP contribution is -2.33. The molecular weight excluding hydrogens is 441 g/mol. The first-order valence-electron chi connectivity index (χ1n) is 10.3. The highest BCUT2D eigenvalue weighted by atomic mass is 19.1. The molecule has 172 valence electrons. The SMILES string of the molecule is NCC1CN(c2nc3c(cc2F)c(=O)c(C(=O)O)cn3-c2ccc(F)cc2F)[C@@H]2CCO[C@H]12. The number of carbonyl (C=O) groups is 1. The standard InChI is InChI=1S/C22H19F3N4O4/c23-11-1-2-16(14(24)5-11)29-9-13(22(31)32)18(30)12-6-15(25)21(27-20(12)29)28-8-10(7-26)19-17(28)3-4-33-19/h1-2,5-6,9-10,17,19H,3-4,7-8,26H2,(H,31,32)/t10?,17-,19-/m1/s1. The Hall–Kier alpha value is -3.44. The van der Waals surface area contributed by atoms with Crippen LogP contribution in [0.1, 0.15) is 16.8 Å². The molecule has 2 saturated heterocycles. The van der Waals surface area contributed by atoms with Crippen molar-refractivity contribution in [3.05, 3.63) is 63.7 Å². The zero-order chi connectivity index (χ0) is 23.4. The summed E-state index contributed by atoms with van der Waals surface area (Å²) in [6, 6.07) is 3.44. The van der Waals surface area contributed by atoms with Crippen molar-refractivity contribution in [2.24, 2.45) is 11.7 Å². The summed E-state index contributed by atoms with van der Waals surface area (Å²) in [6.45, 7) is 1.20. The van der Waals surface area contributed by atoms with Crippen LogP contribution in [-0.2, 0) is 4.74 Å². The van der Waals surface area contributed by atoms with Crippen molar-refractivity contribution < 1.29 is 27.8 Å². The van der Waals surface area contributed by atoms with E-state index in [-0.39, 0.29) is 40.6 Å². The van der Waals surface area contributed by atoms with Crippen LogP contribution in [0.25, 0.3) is 16.7 Å². The first-order chi connectivity index (χ1) is 15.8. The number of nitrogens with two attached hydrogens (primary N) is 1. The van der Waals surface area contributed by atoms with Crippen LogP contribution in [0.3, 0.4) is 0 Å². The van der Waals surface area contributed by atoms with Gasteiger partial charge in [0.05, 0.1) is 23.2 Å². The summed E-state index contributed by atoms with van der Waals surface area (Å²) in [7, 11) is 0. The van der Waals surface area contributed by atoms with Gasteiger partial charge in [-0.25, -0.2) is 22.9 Å². The average Bonchev–Trinajstić information content (AvgIpc) is 3.37. The van der Waals surface area contributed by atoms with Gasteiger partial charge < -0.3 is 20.5 Å². The lowest BCUT2D eigenvalue weighted by Gasteiger charge is -2.25. The number of benzene rings is 1. The fourth-order valence-electron chi connectivity index (χ4n) is 4.76. The van der Waals surface area contributed by atoms with Gasteiger partial charge in [-0.15, -0.1) is 0 Å². The minimum absolute atomic E-state index is 0.0412. The predicted octanol–water partition coefficient (Wildman–Crippen LogP) is 2.05. The number of hydrogen-bond acceptors (Lipinski definition) is 6. The van der Waals surface area contributed by atoms with Crippen molar-refractivity contribution in [1.82, 2.24) is 9.55 Å². The van der Waals surface area contributed by atoms with E-state index < -0.39 is 34.4 Å². The van der Waals surface area contributed by atoms with E-state index in [1.807, 2.05) is 0 Å². The Kier molecular flexibility index (Phi) is 5.09. The molecule has 0 saturated carbocycles. The molecule has 0 aliphatic carbocycles. The summed E-state index contributed by atoms with van der Waals surface area (Å²) in [5.74, 6) is -4.34. The second-order valence-corrected chi connectivity index (χ2v) is 8.15. The van der Waals surface area contributed by atoms with Crippen LogP contribution in [0.4, 0.5) is 19.0 Å². The van der Waals surface area contributed by atoms with Gasteiger partial charge >= 0.3 is 5.97 Å². The third-order valence-corrected chi connectivity index (χ3v) is 6.29. The molecule has 3 atom stereocenters. The molecule has 1 unspecified atom stereocenters. The van der Waals surface area contributed by atoms with E-state index in [9.17, 15) is 23.5 Å². The fraction of sp³-hybridized carbons (Fsp3) is 0.318. The Labute approximate surface area is 185 Å². The zero-order valence-corrected chi connectivity index (χ0v) is 17.2. The van der Waals surface area contributed by atoms with Crippen LogP contribution < -0.4 is 16.1 Å². The Morgan fingerprint density at radius 1 is 1.24 bits per heavy atom. The van der Waals surface area contributed by atoms with E-state index >= 15 is 4.39 Å². The number of nitrogens with zero attached hydrogens (tertiary/aromatic N) is 3. The van der Waals surface area contributed by atoms with E-state index in [1.165, 1.54) is 0 Å². The van der Waals surface area contributed by atoms with E-state index in [4.69, 9.17) is 10.5 Å². The summed E-state index contributed by atoms with van der Waals surface area (Å²) in [5, 5.41) is 9.11. The molecule has 0 spiro atoms. The maximum absolute atomic E-state index is 15.2. The number of rotatable bonds is 4. The van der Waals surface area contributed by atoms with Gasteiger partial charge in [0.2, 0.25) is 5.43 Å². The molecule has 3 aromatic rings. The van der Waals surface area contributed by atoms with Gasteiger partial charge in [0.1, 0.15) is 17.2 Å². The average molecular weight is 460 g/mol. The maximum Gasteiger partial charge on any atom is 0.341 e. The molecule has 11 heteroatoms. The Morgan fingerprint density at radius 2 is 2.03 bits per heavy atom. The maximum atomic E-state index is 15.2. The quantitative estimate of drug-likeness (QED) is 0.613. The second kappa shape index (κ2) is 7.85. The first kappa shape index (κ1) is 21.4. The van der Waals surface area contributed by atoms with Crippen molar-refractivity contribution >= 4 is 22.8 Å². The largest absolute Gasteiger partial charge is 0.477 e. The first-order valence-corrected chi connectivity index (χ1v) is 10.3. The summed E-state index contributed by atoms with van der Waals surface area (Å²) < 4.78 is 50.1. The van der Waals surface area contributed by atoms with E-state index in [0.717, 1.165) is 29.0 Å². The van der Waals surface area contributed by atoms with Crippen LogP contribution in [0, 0.1) is 23.4 Å². The van der Waals surface area contributed by atoms with Gasteiger partial charge in [-0.3, -0.25) is 9.36 Å². The van der Waals surface area contributed by atoms with Crippen molar-refractivity contribution in [3.8, 4) is 5.69 Å². The smallest absolute Gasteiger partial charge is 0.341 e. The normalized spacial score (nSPS) is 22.2. The third kappa shape index (κ3) is 3.35. The van der Waals surface area contributed by atoms with Crippen molar-refractivity contribution in [3.63, 3.8) is 0 Å². The molecule has 0 radical (unpaired) electrons. The molecule has 0 amide bonds. The minimum atomic E-state index is -1.57. The summed E-state index contributed by atoms with van der Waals surface area (Å²) in [6.07, 6.45) is 1.36. The molecule has 3 N–H and O–H groups in total. The summed E-state index contributed by atoms with van der Waals surface area (Å²) >= 11 is 0. The number of carboxylic acids is 1. The number of aromatic nitrogens is 2. The highest BCUT2D eigenvalue weighted by Crippen LogP contribution is 2.37. The molecule has 5 rings (SSSR count). The van der Waals surface area contributed by atoms with Crippen LogP contribution >= 0.6 is 0 Å². The van der Waals surface area contributed by atoms with Crippen LogP contribution in [0.15, 0.2) is 35.3 Å². The number of ether oxygens (including phenoxy) is 1. The van der Waals surface area contributed by atoms with Gasteiger partial charge in [-0.2, -0.15) is 0 Å². The minimum Gasteiger partial charge on any atom is -0.477 e. The molecule has 1 aromatic carbocycles. The van der Waals surface area contributed by atoms with Gasteiger partial charge in [0.15, 0.2) is 17.3 Å². The molecule has 2 aliphatic rings. The number of pyridine rings is 2.